The van der Waals surface area contributed by atoms with Gasteiger partial charge >= 0.3 is 0 Å². The molecule has 1 aliphatic rings. The minimum atomic E-state index is -0.0464. The number of hydrogen-bond donors (Lipinski definition) is 1. The molecule has 0 unspecified atom stereocenters. The largest absolute Gasteiger partial charge is 0.508 e. The van der Waals surface area contributed by atoms with Gasteiger partial charge in [-0.25, -0.2) is 0 Å². The summed E-state index contributed by atoms with van der Waals surface area (Å²) in [6.07, 6.45) is 1.97. The Kier molecular flexibility index (Phi) is 9.96. The maximum Gasteiger partial charge on any atom is 0.253 e. The fourth-order valence-corrected chi connectivity index (χ4v) is 4.81. The Hall–Kier alpha value is -2.34. The molecule has 3 atom stereocenters. The zero-order valence-electron chi connectivity index (χ0n) is 20.3. The topological polar surface area (TPSA) is 47.0 Å². The molecule has 3 rings (SSSR count). The van der Waals surface area contributed by atoms with Crippen LogP contribution < -0.4 is 0 Å². The minimum absolute atomic E-state index is 0. The summed E-state index contributed by atoms with van der Waals surface area (Å²) in [6.45, 7) is 16.5. The number of benzene rings is 2. The number of carbonyl (C=O) groups excluding carboxylic acids is 1. The molecule has 1 N–H and O–H groups in total. The monoisotopic (exact) mass is 471 g/mol. The van der Waals surface area contributed by atoms with Gasteiger partial charge in [-0.2, -0.15) is 0 Å². The zero-order valence-corrected chi connectivity index (χ0v) is 21.1. The number of nitrogens with zero attached hydrogens (tertiary/aromatic N) is 3. The van der Waals surface area contributed by atoms with Crippen molar-refractivity contribution in [3.05, 3.63) is 77.9 Å². The molecule has 0 saturated carbocycles. The Morgan fingerprint density at radius 3 is 2.33 bits per heavy atom. The SMILES string of the molecule is C=CCN1C[C@H](C)N([C@@H](c2cccc(O)c2)c2cccc(C(=O)N(CC)CC)c2)C[C@H]1C.Cl. The number of piperazine rings is 1. The smallest absolute Gasteiger partial charge is 0.253 e. The first-order valence-corrected chi connectivity index (χ1v) is 11.7. The third kappa shape index (κ3) is 6.17. The number of amides is 1. The summed E-state index contributed by atoms with van der Waals surface area (Å²) < 4.78 is 0. The van der Waals surface area contributed by atoms with Gasteiger partial charge < -0.3 is 10.0 Å². The van der Waals surface area contributed by atoms with E-state index in [2.05, 4.69) is 42.4 Å². The van der Waals surface area contributed by atoms with Crippen LogP contribution in [0.15, 0.2) is 61.2 Å². The Balaban J connectivity index is 0.00000385. The van der Waals surface area contributed by atoms with Gasteiger partial charge in [0.05, 0.1) is 6.04 Å². The van der Waals surface area contributed by atoms with Gasteiger partial charge in [0.1, 0.15) is 5.75 Å². The van der Waals surface area contributed by atoms with Crippen LogP contribution in [-0.2, 0) is 0 Å². The van der Waals surface area contributed by atoms with Crippen molar-refractivity contribution in [1.82, 2.24) is 14.7 Å². The van der Waals surface area contributed by atoms with Crippen LogP contribution in [0.1, 0.15) is 55.2 Å². The van der Waals surface area contributed by atoms with E-state index in [1.165, 1.54) is 0 Å². The van der Waals surface area contributed by atoms with Crippen molar-refractivity contribution in [1.29, 1.82) is 0 Å². The van der Waals surface area contributed by atoms with Gasteiger partial charge in [-0.05, 0) is 63.1 Å². The lowest BCUT2D eigenvalue weighted by atomic mass is 9.92. The predicted molar refractivity (Wildman–Crippen MR) is 138 cm³/mol. The van der Waals surface area contributed by atoms with Crippen molar-refractivity contribution in [2.45, 2.75) is 45.8 Å². The molecule has 0 aliphatic carbocycles. The fraction of sp³-hybridized carbons (Fsp3) is 0.444. The van der Waals surface area contributed by atoms with Gasteiger partial charge in [0.15, 0.2) is 0 Å². The molecule has 1 aliphatic heterocycles. The van der Waals surface area contributed by atoms with Crippen molar-refractivity contribution in [3.8, 4) is 5.75 Å². The number of phenolic OH excluding ortho intramolecular Hbond substituents is 1. The lowest BCUT2D eigenvalue weighted by Crippen LogP contribution is -2.57. The van der Waals surface area contributed by atoms with E-state index in [1.807, 2.05) is 55.2 Å². The second-order valence-electron chi connectivity index (χ2n) is 8.74. The number of phenols is 1. The third-order valence-corrected chi connectivity index (χ3v) is 6.54. The summed E-state index contributed by atoms with van der Waals surface area (Å²) in [5.41, 5.74) is 2.82. The first kappa shape index (κ1) is 26.9. The number of halogens is 1. The molecule has 0 aromatic heterocycles. The van der Waals surface area contributed by atoms with E-state index >= 15 is 0 Å². The highest BCUT2D eigenvalue weighted by Crippen LogP contribution is 2.35. The molecule has 1 amide bonds. The van der Waals surface area contributed by atoms with Crippen molar-refractivity contribution in [3.63, 3.8) is 0 Å². The van der Waals surface area contributed by atoms with E-state index in [0.29, 0.717) is 30.7 Å². The normalized spacial score (nSPS) is 20.0. The molecule has 180 valence electrons. The van der Waals surface area contributed by atoms with Crippen LogP contribution in [0.3, 0.4) is 0 Å². The maximum atomic E-state index is 13.0. The van der Waals surface area contributed by atoms with Crippen LogP contribution in [0.5, 0.6) is 5.75 Å². The Labute approximate surface area is 205 Å². The second kappa shape index (κ2) is 12.2. The minimum Gasteiger partial charge on any atom is -0.508 e. The Morgan fingerprint density at radius 1 is 1.09 bits per heavy atom. The van der Waals surface area contributed by atoms with E-state index in [0.717, 1.165) is 30.8 Å². The number of aromatic hydroxyl groups is 1. The first-order valence-electron chi connectivity index (χ1n) is 11.7. The molecule has 1 heterocycles. The van der Waals surface area contributed by atoms with Gasteiger partial charge in [-0.1, -0.05) is 30.3 Å². The Morgan fingerprint density at radius 2 is 1.73 bits per heavy atom. The molecule has 2 aromatic rings. The van der Waals surface area contributed by atoms with Gasteiger partial charge in [0, 0.05) is 50.4 Å². The summed E-state index contributed by atoms with van der Waals surface area (Å²) in [6, 6.07) is 16.2. The predicted octanol–water partition coefficient (Wildman–Crippen LogP) is 4.97. The molecular weight excluding hydrogens is 434 g/mol. The highest BCUT2D eigenvalue weighted by molar-refractivity contribution is 5.94. The molecule has 0 spiro atoms. The van der Waals surface area contributed by atoms with Crippen molar-refractivity contribution in [2.24, 2.45) is 0 Å². The summed E-state index contributed by atoms with van der Waals surface area (Å²) in [4.78, 5) is 19.8. The molecule has 5 nitrogen and oxygen atoms in total. The third-order valence-electron chi connectivity index (χ3n) is 6.54. The van der Waals surface area contributed by atoms with Gasteiger partial charge in [-0.15, -0.1) is 19.0 Å². The number of hydrogen-bond acceptors (Lipinski definition) is 4. The fourth-order valence-electron chi connectivity index (χ4n) is 4.81. The first-order chi connectivity index (χ1) is 15.4. The van der Waals surface area contributed by atoms with Gasteiger partial charge in [0.2, 0.25) is 0 Å². The van der Waals surface area contributed by atoms with Crippen LogP contribution in [0.25, 0.3) is 0 Å². The number of carbonyl (C=O) groups is 1. The molecule has 33 heavy (non-hydrogen) atoms. The Bertz CT molecular complexity index is 931. The van der Waals surface area contributed by atoms with E-state index in [9.17, 15) is 9.90 Å². The molecule has 6 heteroatoms. The second-order valence-corrected chi connectivity index (χ2v) is 8.74. The molecular formula is C27H38ClN3O2. The van der Waals surface area contributed by atoms with Crippen LogP contribution in [-0.4, -0.2) is 70.5 Å². The summed E-state index contributed by atoms with van der Waals surface area (Å²) in [5, 5.41) is 10.2. The lowest BCUT2D eigenvalue weighted by molar-refractivity contribution is 0.0306. The standard InChI is InChI=1S/C27H37N3O2.ClH/c1-6-15-29-18-21(5)30(19-20(29)4)26(23-12-10-14-25(31)17-23)22-11-9-13-24(16-22)27(32)28(7-2)8-3;/h6,9-14,16-17,20-21,26,31H,1,7-8,15,18-19H2,2-5H3;1H/t20-,21+,26-;/m1./s1. The van der Waals surface area contributed by atoms with E-state index in [-0.39, 0.29) is 30.1 Å². The zero-order chi connectivity index (χ0) is 23.3. The summed E-state index contributed by atoms with van der Waals surface area (Å²) >= 11 is 0. The van der Waals surface area contributed by atoms with Crippen LogP contribution in [0, 0.1) is 0 Å². The lowest BCUT2D eigenvalue weighted by Gasteiger charge is -2.47. The van der Waals surface area contributed by atoms with Crippen LogP contribution in [0.2, 0.25) is 0 Å². The average molecular weight is 472 g/mol. The van der Waals surface area contributed by atoms with E-state index in [1.54, 1.807) is 6.07 Å². The molecule has 1 saturated heterocycles. The molecule has 0 radical (unpaired) electrons. The summed E-state index contributed by atoms with van der Waals surface area (Å²) in [7, 11) is 0. The summed E-state index contributed by atoms with van der Waals surface area (Å²) in [5.74, 6) is 0.317. The van der Waals surface area contributed by atoms with Crippen molar-refractivity contribution in [2.75, 3.05) is 32.7 Å². The van der Waals surface area contributed by atoms with Crippen LogP contribution >= 0.6 is 12.4 Å². The number of rotatable bonds is 8. The maximum absolute atomic E-state index is 13.0. The molecule has 2 aromatic carbocycles. The van der Waals surface area contributed by atoms with Gasteiger partial charge in [-0.3, -0.25) is 14.6 Å². The highest BCUT2D eigenvalue weighted by atomic mass is 35.5. The van der Waals surface area contributed by atoms with E-state index in [4.69, 9.17) is 0 Å². The van der Waals surface area contributed by atoms with Crippen molar-refractivity contribution >= 4 is 18.3 Å². The molecule has 1 fully saturated rings. The molecule has 0 bridgehead atoms. The van der Waals surface area contributed by atoms with E-state index < -0.39 is 0 Å². The quantitative estimate of drug-likeness (QED) is 0.552. The van der Waals surface area contributed by atoms with Gasteiger partial charge in [0.25, 0.3) is 5.91 Å². The van der Waals surface area contributed by atoms with Crippen molar-refractivity contribution < 1.29 is 9.90 Å². The highest BCUT2D eigenvalue weighted by Gasteiger charge is 2.34. The average Bonchev–Trinajstić information content (AvgIpc) is 2.78. The van der Waals surface area contributed by atoms with Crippen LogP contribution in [0.4, 0.5) is 0 Å².